The lowest BCUT2D eigenvalue weighted by atomic mass is 10.0. The number of piperidine rings is 1. The Bertz CT molecular complexity index is 710. The van der Waals surface area contributed by atoms with E-state index in [2.05, 4.69) is 4.98 Å². The third-order valence-corrected chi connectivity index (χ3v) is 4.21. The number of halogens is 2. The summed E-state index contributed by atoms with van der Waals surface area (Å²) in [5.74, 6) is 0.767. The molecule has 2 heterocycles. The van der Waals surface area contributed by atoms with Crippen LogP contribution in [0.5, 0.6) is 5.75 Å². The summed E-state index contributed by atoms with van der Waals surface area (Å²) < 4.78 is 5.74. The number of ether oxygens (including phenoxy) is 1. The molecule has 0 radical (unpaired) electrons. The summed E-state index contributed by atoms with van der Waals surface area (Å²) in [4.78, 5) is 18.7. The van der Waals surface area contributed by atoms with Crippen molar-refractivity contribution in [2.75, 3.05) is 13.1 Å². The summed E-state index contributed by atoms with van der Waals surface area (Å²) in [5.41, 5.74) is 8.58. The molecule has 1 aromatic carbocycles. The molecule has 5 nitrogen and oxygen atoms in total. The molecule has 1 atom stereocenters. The van der Waals surface area contributed by atoms with Crippen LogP contribution in [-0.4, -0.2) is 34.9 Å². The maximum absolute atomic E-state index is 12.6. The Morgan fingerprint density at radius 3 is 2.81 bits per heavy atom. The quantitative estimate of drug-likeness (QED) is 0.858. The highest BCUT2D eigenvalue weighted by atomic mass is 35.5. The van der Waals surface area contributed by atoms with Crippen LogP contribution in [0.3, 0.4) is 0 Å². The van der Waals surface area contributed by atoms with Crippen LogP contribution in [0.15, 0.2) is 42.6 Å². The number of pyridine rings is 1. The number of nitrogens with two attached hydrogens (primary N) is 1. The van der Waals surface area contributed by atoms with E-state index in [4.69, 9.17) is 10.5 Å². The first kappa shape index (κ1) is 22.2. The summed E-state index contributed by atoms with van der Waals surface area (Å²) >= 11 is 0. The number of rotatable bonds is 4. The summed E-state index contributed by atoms with van der Waals surface area (Å²) in [7, 11) is 0. The van der Waals surface area contributed by atoms with Gasteiger partial charge in [-0.25, -0.2) is 0 Å². The first-order valence-corrected chi connectivity index (χ1v) is 8.31. The van der Waals surface area contributed by atoms with Gasteiger partial charge in [-0.3, -0.25) is 9.78 Å². The molecule has 142 valence electrons. The van der Waals surface area contributed by atoms with Crippen molar-refractivity contribution in [3.63, 3.8) is 0 Å². The molecule has 1 unspecified atom stereocenters. The lowest BCUT2D eigenvalue weighted by Crippen LogP contribution is -2.45. The normalized spacial score (nSPS) is 16.2. The Morgan fingerprint density at radius 2 is 2.12 bits per heavy atom. The van der Waals surface area contributed by atoms with Crippen molar-refractivity contribution in [1.82, 2.24) is 9.88 Å². The van der Waals surface area contributed by atoms with Crippen LogP contribution in [0.25, 0.3) is 0 Å². The minimum absolute atomic E-state index is 0. The van der Waals surface area contributed by atoms with E-state index in [-0.39, 0.29) is 36.8 Å². The average Bonchev–Trinajstić information content (AvgIpc) is 2.61. The number of nitrogens with zero attached hydrogens (tertiary/aromatic N) is 2. The molecule has 0 aliphatic carbocycles. The minimum Gasteiger partial charge on any atom is -0.487 e. The number of benzene rings is 1. The number of aryl methyl sites for hydroxylation is 1. The van der Waals surface area contributed by atoms with Gasteiger partial charge in [-0.1, -0.05) is 12.1 Å². The van der Waals surface area contributed by atoms with E-state index < -0.39 is 0 Å². The van der Waals surface area contributed by atoms with Crippen LogP contribution in [-0.2, 0) is 6.61 Å². The Balaban J connectivity index is 0.00000169. The van der Waals surface area contributed by atoms with Gasteiger partial charge >= 0.3 is 0 Å². The molecule has 2 N–H and O–H groups in total. The van der Waals surface area contributed by atoms with Gasteiger partial charge in [-0.05, 0) is 49.6 Å². The monoisotopic (exact) mass is 397 g/mol. The van der Waals surface area contributed by atoms with Gasteiger partial charge in [0.25, 0.3) is 5.91 Å². The molecule has 3 rings (SSSR count). The van der Waals surface area contributed by atoms with E-state index in [9.17, 15) is 4.79 Å². The highest BCUT2D eigenvalue weighted by Crippen LogP contribution is 2.16. The molecule has 2 aromatic rings. The van der Waals surface area contributed by atoms with Crippen LogP contribution in [0, 0.1) is 6.92 Å². The van der Waals surface area contributed by atoms with Crippen LogP contribution in [0.2, 0.25) is 0 Å². The molecular weight excluding hydrogens is 373 g/mol. The molecule has 1 saturated heterocycles. The maximum atomic E-state index is 12.6. The van der Waals surface area contributed by atoms with Gasteiger partial charge < -0.3 is 15.4 Å². The van der Waals surface area contributed by atoms with Gasteiger partial charge in [-0.15, -0.1) is 24.8 Å². The minimum atomic E-state index is 0. The fourth-order valence-electron chi connectivity index (χ4n) is 2.88. The lowest BCUT2D eigenvalue weighted by Gasteiger charge is -2.30. The number of likely N-dealkylation sites (tertiary alicyclic amines) is 1. The number of hydrogen-bond acceptors (Lipinski definition) is 4. The van der Waals surface area contributed by atoms with E-state index in [1.54, 1.807) is 6.20 Å². The van der Waals surface area contributed by atoms with Crippen LogP contribution in [0.1, 0.15) is 34.5 Å². The molecule has 7 heteroatoms. The number of amides is 1. The van der Waals surface area contributed by atoms with Gasteiger partial charge in [0.15, 0.2) is 0 Å². The van der Waals surface area contributed by atoms with Crippen LogP contribution < -0.4 is 10.5 Å². The highest BCUT2D eigenvalue weighted by Gasteiger charge is 2.22. The summed E-state index contributed by atoms with van der Waals surface area (Å²) in [6, 6.07) is 11.5. The lowest BCUT2D eigenvalue weighted by molar-refractivity contribution is 0.0708. The fourth-order valence-corrected chi connectivity index (χ4v) is 2.88. The molecule has 1 amide bonds. The smallest absolute Gasteiger partial charge is 0.253 e. The largest absolute Gasteiger partial charge is 0.487 e. The highest BCUT2D eigenvalue weighted by molar-refractivity contribution is 5.94. The molecule has 0 bridgehead atoms. The Kier molecular flexibility index (Phi) is 8.85. The molecule has 1 aliphatic heterocycles. The zero-order valence-corrected chi connectivity index (χ0v) is 16.4. The van der Waals surface area contributed by atoms with Gasteiger partial charge in [0.05, 0.1) is 6.20 Å². The van der Waals surface area contributed by atoms with Crippen molar-refractivity contribution in [3.05, 3.63) is 59.4 Å². The number of aromatic nitrogens is 1. The maximum Gasteiger partial charge on any atom is 0.253 e. The first-order chi connectivity index (χ1) is 11.6. The SMILES string of the molecule is Cc1ccc(OCc2cccc(C(=O)N3CCCC(N)C3)c2)cn1.Cl.Cl. The van der Waals surface area contributed by atoms with Crippen molar-refractivity contribution in [2.24, 2.45) is 5.73 Å². The third-order valence-electron chi connectivity index (χ3n) is 4.21. The second-order valence-electron chi connectivity index (χ2n) is 6.28. The van der Waals surface area contributed by atoms with E-state index in [0.717, 1.165) is 36.4 Å². The fraction of sp³-hybridized carbons (Fsp3) is 0.368. The van der Waals surface area contributed by atoms with Crippen molar-refractivity contribution < 1.29 is 9.53 Å². The van der Waals surface area contributed by atoms with Crippen LogP contribution >= 0.6 is 24.8 Å². The van der Waals surface area contributed by atoms with E-state index in [1.165, 1.54) is 0 Å². The predicted octanol–water partition coefficient (Wildman–Crippen LogP) is 3.38. The van der Waals surface area contributed by atoms with Crippen LogP contribution in [0.4, 0.5) is 0 Å². The molecule has 1 fully saturated rings. The topological polar surface area (TPSA) is 68.5 Å². The predicted molar refractivity (Wildman–Crippen MR) is 107 cm³/mol. The number of carbonyl (C=O) groups is 1. The van der Waals surface area contributed by atoms with E-state index in [0.29, 0.717) is 18.7 Å². The molecule has 26 heavy (non-hydrogen) atoms. The van der Waals surface area contributed by atoms with Gasteiger partial charge in [0.1, 0.15) is 12.4 Å². The molecule has 0 saturated carbocycles. The average molecular weight is 398 g/mol. The summed E-state index contributed by atoms with van der Waals surface area (Å²) in [5, 5.41) is 0. The molecular formula is C19H25Cl2N3O2. The van der Waals surface area contributed by atoms with Crippen molar-refractivity contribution >= 4 is 30.7 Å². The summed E-state index contributed by atoms with van der Waals surface area (Å²) in [6.07, 6.45) is 3.66. The molecule has 1 aliphatic rings. The standard InChI is InChI=1S/C19H23N3O2.2ClH/c1-14-7-8-18(11-21-14)24-13-15-4-2-5-16(10-15)19(23)22-9-3-6-17(20)12-22;;/h2,4-5,7-8,10-11,17H,3,6,9,12-13,20H2,1H3;2*1H. The van der Waals surface area contributed by atoms with Crippen molar-refractivity contribution in [3.8, 4) is 5.75 Å². The zero-order chi connectivity index (χ0) is 16.9. The number of carbonyl (C=O) groups excluding carboxylic acids is 1. The van der Waals surface area contributed by atoms with E-state index in [1.807, 2.05) is 48.2 Å². The Labute approximate surface area is 166 Å². The van der Waals surface area contributed by atoms with Gasteiger partial charge in [0.2, 0.25) is 0 Å². The summed E-state index contributed by atoms with van der Waals surface area (Å²) in [6.45, 7) is 3.76. The van der Waals surface area contributed by atoms with Gasteiger partial charge in [0, 0.05) is 30.4 Å². The van der Waals surface area contributed by atoms with Crippen molar-refractivity contribution in [2.45, 2.75) is 32.4 Å². The first-order valence-electron chi connectivity index (χ1n) is 8.31. The third kappa shape index (κ3) is 5.87. The number of hydrogen-bond donors (Lipinski definition) is 1. The van der Waals surface area contributed by atoms with E-state index >= 15 is 0 Å². The second-order valence-corrected chi connectivity index (χ2v) is 6.28. The van der Waals surface area contributed by atoms with Gasteiger partial charge in [-0.2, -0.15) is 0 Å². The second kappa shape index (κ2) is 10.4. The zero-order valence-electron chi connectivity index (χ0n) is 14.8. The Hall–Kier alpha value is -1.82. The molecule has 1 aromatic heterocycles. The molecule has 0 spiro atoms. The van der Waals surface area contributed by atoms with Crippen molar-refractivity contribution in [1.29, 1.82) is 0 Å². The Morgan fingerprint density at radius 1 is 1.31 bits per heavy atom.